The van der Waals surface area contributed by atoms with Gasteiger partial charge in [0.1, 0.15) is 9.84 Å². The Balaban J connectivity index is 1.94. The number of benzene rings is 1. The summed E-state index contributed by atoms with van der Waals surface area (Å²) in [6, 6.07) is 7.40. The zero-order chi connectivity index (χ0) is 18.0. The van der Waals surface area contributed by atoms with Gasteiger partial charge < -0.3 is 5.73 Å². The van der Waals surface area contributed by atoms with Gasteiger partial charge in [0.05, 0.1) is 16.8 Å². The Labute approximate surface area is 144 Å². The van der Waals surface area contributed by atoms with Crippen molar-refractivity contribution in [3.63, 3.8) is 0 Å². The van der Waals surface area contributed by atoms with E-state index >= 15 is 0 Å². The highest BCUT2D eigenvalue weighted by molar-refractivity contribution is 7.92. The van der Waals surface area contributed by atoms with Crippen molar-refractivity contribution in [1.29, 1.82) is 0 Å². The molecule has 1 aromatic carbocycles. The molecule has 24 heavy (non-hydrogen) atoms. The van der Waals surface area contributed by atoms with E-state index in [9.17, 15) is 16.8 Å². The van der Waals surface area contributed by atoms with Crippen molar-refractivity contribution in [3.05, 3.63) is 35.4 Å². The number of rotatable bonds is 6. The lowest BCUT2D eigenvalue weighted by molar-refractivity contribution is 0.537. The van der Waals surface area contributed by atoms with E-state index < -0.39 is 31.2 Å². The first-order valence-electron chi connectivity index (χ1n) is 8.15. The molecular formula is C16H26N2O4S2. The predicted octanol–water partition coefficient (Wildman–Crippen LogP) is 1.31. The molecule has 1 aliphatic heterocycles. The zero-order valence-corrected chi connectivity index (χ0v) is 15.7. The quantitative estimate of drug-likeness (QED) is 0.781. The molecule has 0 radical (unpaired) electrons. The Morgan fingerprint density at radius 2 is 1.62 bits per heavy atom. The second-order valence-electron chi connectivity index (χ2n) is 6.67. The van der Waals surface area contributed by atoms with Crippen molar-refractivity contribution in [2.24, 2.45) is 5.73 Å². The number of nitrogens with one attached hydrogen (secondary N) is 1. The summed E-state index contributed by atoms with van der Waals surface area (Å²) in [5.41, 5.74) is 8.15. The highest BCUT2D eigenvalue weighted by Gasteiger charge is 2.32. The average Bonchev–Trinajstić information content (AvgIpc) is 2.52. The Hall–Kier alpha value is -0.960. The molecule has 0 aromatic heterocycles. The molecule has 0 spiro atoms. The number of hydrogen-bond acceptors (Lipinski definition) is 5. The van der Waals surface area contributed by atoms with Gasteiger partial charge in [0.15, 0.2) is 0 Å². The van der Waals surface area contributed by atoms with Crippen LogP contribution in [-0.2, 0) is 19.9 Å². The molecule has 0 saturated carbocycles. The van der Waals surface area contributed by atoms with E-state index in [1.54, 1.807) is 0 Å². The van der Waals surface area contributed by atoms with Crippen LogP contribution in [-0.4, -0.2) is 40.1 Å². The lowest BCUT2D eigenvalue weighted by Crippen LogP contribution is -2.42. The highest BCUT2D eigenvalue weighted by Crippen LogP contribution is 2.20. The molecule has 0 amide bonds. The normalized spacial score (nSPS) is 20.2. The molecule has 2 rings (SSSR count). The van der Waals surface area contributed by atoms with Gasteiger partial charge >= 0.3 is 0 Å². The highest BCUT2D eigenvalue weighted by atomic mass is 32.2. The van der Waals surface area contributed by atoms with Crippen molar-refractivity contribution in [2.45, 2.75) is 43.9 Å². The van der Waals surface area contributed by atoms with Crippen LogP contribution in [0.5, 0.6) is 0 Å². The fraction of sp³-hybridized carbons (Fsp3) is 0.625. The van der Waals surface area contributed by atoms with Gasteiger partial charge in [-0.3, -0.25) is 0 Å². The largest absolute Gasteiger partial charge is 0.323 e. The van der Waals surface area contributed by atoms with Crippen molar-refractivity contribution in [2.75, 3.05) is 18.1 Å². The fourth-order valence-corrected chi connectivity index (χ4v) is 6.04. The molecule has 6 nitrogen and oxygen atoms in total. The summed E-state index contributed by atoms with van der Waals surface area (Å²) in [4.78, 5) is 0. The summed E-state index contributed by atoms with van der Waals surface area (Å²) < 4.78 is 50.0. The Bertz CT molecular complexity index is 742. The minimum absolute atomic E-state index is 0.0682. The van der Waals surface area contributed by atoms with Gasteiger partial charge in [0, 0.05) is 12.6 Å². The van der Waals surface area contributed by atoms with E-state index in [0.717, 1.165) is 5.56 Å². The molecule has 1 aliphatic rings. The maximum atomic E-state index is 12.3. The smallest absolute Gasteiger partial charge is 0.214 e. The van der Waals surface area contributed by atoms with Gasteiger partial charge in [-0.05, 0) is 29.9 Å². The van der Waals surface area contributed by atoms with Crippen LogP contribution in [0.15, 0.2) is 24.3 Å². The zero-order valence-electron chi connectivity index (χ0n) is 14.1. The van der Waals surface area contributed by atoms with E-state index in [1.807, 2.05) is 24.3 Å². The van der Waals surface area contributed by atoms with E-state index in [-0.39, 0.29) is 30.9 Å². The average molecular weight is 375 g/mol. The van der Waals surface area contributed by atoms with Gasteiger partial charge in [0.2, 0.25) is 10.0 Å². The Morgan fingerprint density at radius 3 is 2.12 bits per heavy atom. The molecule has 3 N–H and O–H groups in total. The van der Waals surface area contributed by atoms with Crippen LogP contribution in [0.3, 0.4) is 0 Å². The second-order valence-corrected chi connectivity index (χ2v) is 11.0. The molecule has 8 heteroatoms. The summed E-state index contributed by atoms with van der Waals surface area (Å²) in [6.07, 6.45) is 0.298. The van der Waals surface area contributed by atoms with Crippen LogP contribution in [0.1, 0.15) is 49.8 Å². The molecule has 1 atom stereocenters. The molecule has 1 fully saturated rings. The van der Waals surface area contributed by atoms with Gasteiger partial charge in [0.25, 0.3) is 0 Å². The van der Waals surface area contributed by atoms with Crippen molar-refractivity contribution < 1.29 is 16.8 Å². The van der Waals surface area contributed by atoms with Crippen LogP contribution < -0.4 is 10.5 Å². The monoisotopic (exact) mass is 374 g/mol. The molecule has 136 valence electrons. The standard InChI is InChI=1S/C16H26N2O4S2/c1-12(2)13-3-5-14(6-4-13)16(17)11-18-24(21,22)15-7-9-23(19,20)10-8-15/h3-6,12,15-16,18H,7-11,17H2,1-2H3. The van der Waals surface area contributed by atoms with Gasteiger partial charge in [-0.2, -0.15) is 0 Å². The first-order valence-corrected chi connectivity index (χ1v) is 11.5. The number of sulfone groups is 1. The van der Waals surface area contributed by atoms with Gasteiger partial charge in [-0.1, -0.05) is 38.1 Å². The minimum atomic E-state index is -3.55. The van der Waals surface area contributed by atoms with E-state index in [2.05, 4.69) is 18.6 Å². The second kappa shape index (κ2) is 7.51. The maximum absolute atomic E-state index is 12.3. The summed E-state index contributed by atoms with van der Waals surface area (Å²) in [5, 5.41) is -0.656. The fourth-order valence-electron chi connectivity index (χ4n) is 2.75. The molecule has 1 heterocycles. The third kappa shape index (κ3) is 5.02. The summed E-state index contributed by atoms with van der Waals surface area (Å²) in [6.45, 7) is 4.31. The molecule has 0 aliphatic carbocycles. The first kappa shape index (κ1) is 19.4. The number of hydrogen-bond donors (Lipinski definition) is 2. The molecule has 1 saturated heterocycles. The van der Waals surface area contributed by atoms with E-state index in [0.29, 0.717) is 5.92 Å². The summed E-state index contributed by atoms with van der Waals surface area (Å²) in [7, 11) is -6.63. The van der Waals surface area contributed by atoms with Crippen LogP contribution >= 0.6 is 0 Å². The molecule has 0 bridgehead atoms. The molecule has 1 unspecified atom stereocenters. The summed E-state index contributed by atoms with van der Waals surface area (Å²) in [5.74, 6) is 0.291. The Morgan fingerprint density at radius 1 is 1.12 bits per heavy atom. The topological polar surface area (TPSA) is 106 Å². The van der Waals surface area contributed by atoms with Crippen molar-refractivity contribution in [3.8, 4) is 0 Å². The first-order chi connectivity index (χ1) is 11.1. The number of nitrogens with two attached hydrogens (primary N) is 1. The third-order valence-electron chi connectivity index (χ3n) is 4.48. The number of sulfonamides is 1. The van der Waals surface area contributed by atoms with Crippen molar-refractivity contribution >= 4 is 19.9 Å². The third-order valence-corrected chi connectivity index (χ3v) is 8.11. The minimum Gasteiger partial charge on any atom is -0.323 e. The molecule has 1 aromatic rings. The van der Waals surface area contributed by atoms with E-state index in [4.69, 9.17) is 5.73 Å². The maximum Gasteiger partial charge on any atom is 0.214 e. The lowest BCUT2D eigenvalue weighted by atomic mass is 9.99. The lowest BCUT2D eigenvalue weighted by Gasteiger charge is -2.23. The summed E-state index contributed by atoms with van der Waals surface area (Å²) >= 11 is 0. The van der Waals surface area contributed by atoms with E-state index in [1.165, 1.54) is 5.56 Å². The molecular weight excluding hydrogens is 348 g/mol. The van der Waals surface area contributed by atoms with Gasteiger partial charge in [-0.25, -0.2) is 21.6 Å². The van der Waals surface area contributed by atoms with Gasteiger partial charge in [-0.15, -0.1) is 0 Å². The van der Waals surface area contributed by atoms with Crippen LogP contribution in [0.25, 0.3) is 0 Å². The van der Waals surface area contributed by atoms with Crippen molar-refractivity contribution in [1.82, 2.24) is 4.72 Å². The van der Waals surface area contributed by atoms with Crippen LogP contribution in [0, 0.1) is 0 Å². The predicted molar refractivity (Wildman–Crippen MR) is 96.1 cm³/mol. The Kier molecular flexibility index (Phi) is 6.06. The SMILES string of the molecule is CC(C)c1ccc(C(N)CNS(=O)(=O)C2CCS(=O)(=O)CC2)cc1. The van der Waals surface area contributed by atoms with Crippen LogP contribution in [0.4, 0.5) is 0 Å². The van der Waals surface area contributed by atoms with Crippen LogP contribution in [0.2, 0.25) is 0 Å².